The Kier molecular flexibility index (Phi) is 73.6. The van der Waals surface area contributed by atoms with Gasteiger partial charge in [-0.15, -0.1) is 31.2 Å². The summed E-state index contributed by atoms with van der Waals surface area (Å²) in [5.74, 6) is 0. The van der Waals surface area contributed by atoms with Crippen LogP contribution < -0.4 is 0 Å². The largest absolute Gasteiger partial charge is 4.00 e. The van der Waals surface area contributed by atoms with Crippen molar-refractivity contribution in [3.8, 4) is 0 Å². The number of halogens is 2. The first-order chi connectivity index (χ1) is 9.60. The van der Waals surface area contributed by atoms with Gasteiger partial charge >= 0.3 is 21.7 Å². The van der Waals surface area contributed by atoms with E-state index in [1.165, 1.54) is 25.7 Å². The third kappa shape index (κ3) is 71.0. The third-order valence-electron chi connectivity index (χ3n) is 2.31. The van der Waals surface area contributed by atoms with E-state index in [1.807, 2.05) is 44.6 Å². The van der Waals surface area contributed by atoms with Gasteiger partial charge in [-0.05, 0) is 14.1 Å². The first kappa shape index (κ1) is 39.0. The minimum Gasteiger partial charge on any atom is -0.462 e. The van der Waals surface area contributed by atoms with Crippen molar-refractivity contribution in [2.75, 3.05) is 14.1 Å². The van der Waals surface area contributed by atoms with Crippen LogP contribution in [0.3, 0.4) is 0 Å². The number of allylic oxidation sites excluding steroid dienone is 4. The van der Waals surface area contributed by atoms with Crippen molar-refractivity contribution in [3.63, 3.8) is 0 Å². The Bertz CT molecular complexity index is 176. The Morgan fingerprint density at radius 3 is 1.48 bits per heavy atom. The average Bonchev–Trinajstić information content (AvgIpc) is 3.01. The van der Waals surface area contributed by atoms with E-state index >= 15 is 0 Å². The number of nitrogens with zero attached hydrogens (tertiary/aromatic N) is 1. The van der Waals surface area contributed by atoms with E-state index in [4.69, 9.17) is 0 Å². The summed E-state index contributed by atoms with van der Waals surface area (Å²) in [6.45, 7) is 15.7. The van der Waals surface area contributed by atoms with E-state index < -0.39 is 0 Å². The van der Waals surface area contributed by atoms with Crippen LogP contribution in [0.25, 0.3) is 0 Å². The van der Waals surface area contributed by atoms with Gasteiger partial charge in [-0.1, -0.05) is 39.5 Å². The summed E-state index contributed by atoms with van der Waals surface area (Å²) in [6, 6.07) is 0. The standard InChI is InChI=1S/C5H5.2C5H11.C4H10N.2ClH.Ti/c1-2-4-5-3-1;2*1-3-5-4-2;1-4-5(2)3;;;/h1-3H,4H2;2*1,3-5H2,2H3;4H,1-3H3;2*1H;/q4*-1;;;+4. The average molecular weight is 400 g/mol. The van der Waals surface area contributed by atoms with Crippen molar-refractivity contribution < 1.29 is 21.7 Å². The third-order valence-corrected chi connectivity index (χ3v) is 2.31. The molecule has 0 saturated carbocycles. The zero-order chi connectivity index (χ0) is 16.1. The zero-order valence-electron chi connectivity index (χ0n) is 15.9. The van der Waals surface area contributed by atoms with Crippen LogP contribution in [-0.4, -0.2) is 19.0 Å². The smallest absolute Gasteiger partial charge is 0.462 e. The Morgan fingerprint density at radius 1 is 1.04 bits per heavy atom. The van der Waals surface area contributed by atoms with Crippen LogP contribution >= 0.6 is 24.8 Å². The summed E-state index contributed by atoms with van der Waals surface area (Å²) in [6.07, 6.45) is 17.3. The van der Waals surface area contributed by atoms with Crippen LogP contribution in [0.4, 0.5) is 0 Å². The van der Waals surface area contributed by atoms with E-state index in [9.17, 15) is 0 Å². The minimum atomic E-state index is 0. The summed E-state index contributed by atoms with van der Waals surface area (Å²) < 4.78 is 0. The predicted octanol–water partition coefficient (Wildman–Crippen LogP) is 6.90. The molecule has 0 aromatic heterocycles. The maximum atomic E-state index is 3.68. The maximum absolute atomic E-state index is 3.68. The summed E-state index contributed by atoms with van der Waals surface area (Å²) in [5.41, 5.74) is 0. The molecule has 1 aliphatic rings. The summed E-state index contributed by atoms with van der Waals surface area (Å²) in [5, 5.41) is 0. The van der Waals surface area contributed by atoms with Crippen LogP contribution in [0, 0.1) is 26.5 Å². The maximum Gasteiger partial charge on any atom is 4.00 e. The number of hydrogen-bond donors (Lipinski definition) is 0. The Balaban J connectivity index is -0.0000000401. The van der Waals surface area contributed by atoms with E-state index in [-0.39, 0.29) is 46.5 Å². The first-order valence-corrected chi connectivity index (χ1v) is 7.86. The molecule has 0 atom stereocenters. The topological polar surface area (TPSA) is 3.24 Å². The van der Waals surface area contributed by atoms with Gasteiger partial charge in [0.2, 0.25) is 0 Å². The fourth-order valence-corrected chi connectivity index (χ4v) is 0.840. The van der Waals surface area contributed by atoms with Crippen molar-refractivity contribution in [1.29, 1.82) is 0 Å². The Labute approximate surface area is 175 Å². The Hall–Kier alpha value is 0.734. The fourth-order valence-electron chi connectivity index (χ4n) is 0.840. The molecule has 0 spiro atoms. The van der Waals surface area contributed by atoms with E-state index in [0.29, 0.717) is 0 Å². The second-order valence-electron chi connectivity index (χ2n) is 4.64. The molecule has 138 valence electrons. The van der Waals surface area contributed by atoms with Crippen LogP contribution in [-0.2, 0) is 21.7 Å². The fraction of sp³-hybridized carbons (Fsp3) is 0.632. The van der Waals surface area contributed by atoms with Crippen molar-refractivity contribution in [2.45, 2.75) is 65.7 Å². The van der Waals surface area contributed by atoms with Gasteiger partial charge < -0.3 is 18.7 Å². The molecule has 0 fully saturated rings. The van der Waals surface area contributed by atoms with Gasteiger partial charge in [0.25, 0.3) is 0 Å². The molecule has 0 amide bonds. The van der Waals surface area contributed by atoms with Gasteiger partial charge in [-0.2, -0.15) is 25.8 Å². The normalized spacial score (nSPS) is 9.57. The molecule has 0 aliphatic heterocycles. The van der Waals surface area contributed by atoms with Crippen molar-refractivity contribution in [2.24, 2.45) is 0 Å². The van der Waals surface area contributed by atoms with Crippen LogP contribution in [0.1, 0.15) is 65.7 Å². The zero-order valence-corrected chi connectivity index (χ0v) is 19.1. The first-order valence-electron chi connectivity index (χ1n) is 7.86. The van der Waals surface area contributed by atoms with Gasteiger partial charge in [0.05, 0.1) is 0 Å². The number of unbranched alkanes of at least 4 members (excludes halogenated alkanes) is 4. The molecule has 0 aromatic rings. The molecule has 0 N–H and O–H groups in total. The quantitative estimate of drug-likeness (QED) is 0.359. The summed E-state index contributed by atoms with van der Waals surface area (Å²) in [7, 11) is 4.00. The second kappa shape index (κ2) is 43.4. The van der Waals surface area contributed by atoms with Crippen LogP contribution in [0.5, 0.6) is 0 Å². The monoisotopic (exact) mass is 399 g/mol. The molecule has 4 heteroatoms. The number of rotatable bonds is 5. The minimum absolute atomic E-state index is 0. The van der Waals surface area contributed by atoms with E-state index in [1.54, 1.807) is 0 Å². The van der Waals surface area contributed by atoms with Crippen LogP contribution in [0.2, 0.25) is 0 Å². The summed E-state index contributed by atoms with van der Waals surface area (Å²) >= 11 is 0. The SMILES string of the molecule is C[CH-]N(C)C.Cl.Cl.[C-]1=CC=CC1.[CH2-]CCCC.[CH2-]CCCC.[Ti+4]. The van der Waals surface area contributed by atoms with Gasteiger partial charge in [-0.25, -0.2) is 12.2 Å². The van der Waals surface area contributed by atoms with Gasteiger partial charge in [0, 0.05) is 0 Å². The number of hydrogen-bond acceptors (Lipinski definition) is 1. The molecule has 1 aliphatic carbocycles. The summed E-state index contributed by atoms with van der Waals surface area (Å²) in [4.78, 5) is 2.00. The van der Waals surface area contributed by atoms with Gasteiger partial charge in [0.1, 0.15) is 0 Å². The molecule has 1 rings (SSSR count). The molecule has 0 saturated heterocycles. The molecule has 0 heterocycles. The van der Waals surface area contributed by atoms with Crippen molar-refractivity contribution in [3.05, 3.63) is 44.7 Å². The van der Waals surface area contributed by atoms with Crippen LogP contribution in [0.15, 0.2) is 18.2 Å². The predicted molar refractivity (Wildman–Crippen MR) is 109 cm³/mol. The molecule has 0 aromatic carbocycles. The molecule has 0 radical (unpaired) electrons. The molecule has 23 heavy (non-hydrogen) atoms. The van der Waals surface area contributed by atoms with E-state index in [2.05, 4.69) is 39.8 Å². The molecular formula is C19H39Cl2NTi. The molecule has 0 bridgehead atoms. The van der Waals surface area contributed by atoms with Crippen molar-refractivity contribution in [1.82, 2.24) is 4.90 Å². The Morgan fingerprint density at radius 2 is 1.43 bits per heavy atom. The molecule has 1 nitrogen and oxygen atoms in total. The van der Waals surface area contributed by atoms with Crippen molar-refractivity contribution >= 4 is 24.8 Å². The van der Waals surface area contributed by atoms with Gasteiger partial charge in [0.15, 0.2) is 0 Å². The second-order valence-corrected chi connectivity index (χ2v) is 4.64. The van der Waals surface area contributed by atoms with E-state index in [0.717, 1.165) is 19.3 Å². The molecule has 0 unspecified atom stereocenters. The van der Waals surface area contributed by atoms with Gasteiger partial charge in [-0.3, -0.25) is 12.6 Å². The molecular weight excluding hydrogens is 361 g/mol.